The second-order valence-electron chi connectivity index (χ2n) is 8.70. The fourth-order valence-corrected chi connectivity index (χ4v) is 5.06. The lowest BCUT2D eigenvalue weighted by Gasteiger charge is -2.50. The van der Waals surface area contributed by atoms with E-state index in [1.54, 1.807) is 11.1 Å². The van der Waals surface area contributed by atoms with Crippen molar-refractivity contribution in [3.8, 4) is 11.8 Å². The van der Waals surface area contributed by atoms with E-state index in [0.717, 1.165) is 51.5 Å². The molecule has 1 N–H and O–H groups in total. The monoisotopic (exact) mass is 410 g/mol. The second-order valence-corrected chi connectivity index (χ2v) is 8.70. The molecule has 160 valence electrons. The van der Waals surface area contributed by atoms with Gasteiger partial charge in [0.25, 0.3) is 0 Å². The Balaban J connectivity index is 1.19. The number of amides is 2. The number of carbonyl (C=O) groups excluding carboxylic acids is 1. The van der Waals surface area contributed by atoms with Gasteiger partial charge in [0.1, 0.15) is 6.10 Å². The highest BCUT2D eigenvalue weighted by molar-refractivity contribution is 5.77. The van der Waals surface area contributed by atoms with Crippen molar-refractivity contribution >= 4 is 6.03 Å². The number of piperidine rings is 3. The molecule has 0 aromatic rings. The fourth-order valence-electron chi connectivity index (χ4n) is 5.06. The summed E-state index contributed by atoms with van der Waals surface area (Å²) in [7, 11) is 0. The summed E-state index contributed by atoms with van der Waals surface area (Å²) in [6, 6.07) is 0.559. The molecule has 2 bridgehead atoms. The Labute approximate surface area is 178 Å². The molecule has 30 heavy (non-hydrogen) atoms. The summed E-state index contributed by atoms with van der Waals surface area (Å²) in [5.74, 6) is 7.57. The molecule has 0 aromatic carbocycles. The molecule has 4 saturated heterocycles. The topological polar surface area (TPSA) is 57.3 Å². The summed E-state index contributed by atoms with van der Waals surface area (Å²) >= 11 is 0. The SMILES string of the molecule is C[C@H]1[C@H](NC(=O)N2C=CC3OC(C#CCN4CCOCC4)=CC3=C2)C2CCN1CC2. The van der Waals surface area contributed by atoms with Crippen LogP contribution in [0.3, 0.4) is 0 Å². The van der Waals surface area contributed by atoms with Crippen molar-refractivity contribution < 1.29 is 14.3 Å². The van der Waals surface area contributed by atoms with E-state index in [-0.39, 0.29) is 18.2 Å². The summed E-state index contributed by atoms with van der Waals surface area (Å²) in [5, 5.41) is 3.28. The summed E-state index contributed by atoms with van der Waals surface area (Å²) in [6.45, 7) is 8.66. The number of ether oxygens (including phenoxy) is 2. The quantitative estimate of drug-likeness (QED) is 0.700. The fraction of sp³-hybridized carbons (Fsp3) is 0.609. The Bertz CT molecular complexity index is 823. The molecule has 3 atom stereocenters. The van der Waals surface area contributed by atoms with Crippen LogP contribution in [0.25, 0.3) is 0 Å². The summed E-state index contributed by atoms with van der Waals surface area (Å²) in [5.41, 5.74) is 0.963. The second kappa shape index (κ2) is 8.46. The molecule has 2 amide bonds. The third-order valence-corrected chi connectivity index (χ3v) is 6.91. The molecule has 0 aliphatic carbocycles. The minimum Gasteiger partial charge on any atom is -0.473 e. The lowest BCUT2D eigenvalue weighted by atomic mass is 9.79. The van der Waals surface area contributed by atoms with E-state index in [2.05, 4.69) is 33.9 Å². The van der Waals surface area contributed by atoms with Gasteiger partial charge in [-0.2, -0.15) is 0 Å². The van der Waals surface area contributed by atoms with Crippen molar-refractivity contribution in [3.63, 3.8) is 0 Å². The molecule has 0 aromatic heterocycles. The van der Waals surface area contributed by atoms with E-state index in [1.165, 1.54) is 12.8 Å². The highest BCUT2D eigenvalue weighted by atomic mass is 16.5. The lowest BCUT2D eigenvalue weighted by molar-refractivity contribution is 0.0256. The number of fused-ring (bicyclic) bond motifs is 4. The number of nitrogens with one attached hydrogen (secondary N) is 1. The van der Waals surface area contributed by atoms with Gasteiger partial charge in [-0.1, -0.05) is 5.92 Å². The normalized spacial score (nSPS) is 35.0. The van der Waals surface area contributed by atoms with Crippen LogP contribution in [-0.2, 0) is 9.47 Å². The maximum absolute atomic E-state index is 12.9. The number of morpholine rings is 1. The van der Waals surface area contributed by atoms with Crippen molar-refractivity contribution in [1.29, 1.82) is 0 Å². The van der Waals surface area contributed by atoms with Gasteiger partial charge in [0.2, 0.25) is 0 Å². The Morgan fingerprint density at radius 2 is 2.03 bits per heavy atom. The molecular formula is C23H30N4O3. The van der Waals surface area contributed by atoms with Crippen molar-refractivity contribution in [2.24, 2.45) is 5.92 Å². The number of hydrogen-bond acceptors (Lipinski definition) is 5. The molecular weight excluding hydrogens is 380 g/mol. The minimum absolute atomic E-state index is 0.0666. The molecule has 0 saturated carbocycles. The van der Waals surface area contributed by atoms with Crippen LogP contribution in [0.5, 0.6) is 0 Å². The summed E-state index contributed by atoms with van der Waals surface area (Å²) in [6.07, 6.45) is 9.72. The summed E-state index contributed by atoms with van der Waals surface area (Å²) in [4.78, 5) is 19.3. The Kier molecular flexibility index (Phi) is 5.55. The Morgan fingerprint density at radius 3 is 2.80 bits per heavy atom. The van der Waals surface area contributed by atoms with Crippen LogP contribution in [0.15, 0.2) is 35.9 Å². The van der Waals surface area contributed by atoms with Gasteiger partial charge in [0.05, 0.1) is 19.8 Å². The van der Waals surface area contributed by atoms with Gasteiger partial charge in [-0.3, -0.25) is 14.7 Å². The zero-order chi connectivity index (χ0) is 20.5. The standard InChI is InChI=1S/C23H30N4O3/c1-17-22(18-4-8-26(17)9-5-18)24-23(28)27-10-6-21-19(16-27)15-20(30-21)3-2-7-25-11-13-29-14-12-25/h6,10,15-18,21-22H,4-5,7-9,11-14H2,1H3,(H,24,28)/t17-,21?,22-/m0/s1. The predicted octanol–water partition coefficient (Wildman–Crippen LogP) is 1.51. The van der Waals surface area contributed by atoms with Crippen LogP contribution >= 0.6 is 0 Å². The van der Waals surface area contributed by atoms with Crippen LogP contribution in [0, 0.1) is 17.8 Å². The molecule has 7 heteroatoms. The lowest BCUT2D eigenvalue weighted by Crippen LogP contribution is -2.63. The van der Waals surface area contributed by atoms with E-state index in [9.17, 15) is 4.79 Å². The first-order valence-corrected chi connectivity index (χ1v) is 11.1. The summed E-state index contributed by atoms with van der Waals surface area (Å²) < 4.78 is 11.3. The Hall–Kier alpha value is -2.27. The highest BCUT2D eigenvalue weighted by Crippen LogP contribution is 2.32. The number of urea groups is 1. The zero-order valence-electron chi connectivity index (χ0n) is 17.5. The van der Waals surface area contributed by atoms with Crippen LogP contribution in [0.4, 0.5) is 4.79 Å². The number of rotatable bonds is 2. The highest BCUT2D eigenvalue weighted by Gasteiger charge is 2.41. The number of carbonyl (C=O) groups is 1. The van der Waals surface area contributed by atoms with Gasteiger partial charge >= 0.3 is 6.03 Å². The molecule has 6 aliphatic heterocycles. The first-order chi connectivity index (χ1) is 14.7. The molecule has 4 fully saturated rings. The molecule has 6 aliphatic rings. The van der Waals surface area contributed by atoms with Gasteiger partial charge in [0, 0.05) is 43.1 Å². The van der Waals surface area contributed by atoms with Crippen molar-refractivity contribution in [3.05, 3.63) is 35.9 Å². The number of allylic oxidation sites excluding steroid dienone is 1. The van der Waals surface area contributed by atoms with Crippen molar-refractivity contribution in [1.82, 2.24) is 20.0 Å². The van der Waals surface area contributed by atoms with Gasteiger partial charge < -0.3 is 14.8 Å². The van der Waals surface area contributed by atoms with Crippen molar-refractivity contribution in [2.45, 2.75) is 38.0 Å². The number of nitrogens with zero attached hydrogens (tertiary/aromatic N) is 3. The largest absolute Gasteiger partial charge is 0.473 e. The van der Waals surface area contributed by atoms with Crippen molar-refractivity contribution in [2.75, 3.05) is 45.9 Å². The maximum Gasteiger partial charge on any atom is 0.325 e. The smallest absolute Gasteiger partial charge is 0.325 e. The van der Waals surface area contributed by atoms with Crippen LogP contribution < -0.4 is 5.32 Å². The predicted molar refractivity (Wildman–Crippen MR) is 113 cm³/mol. The minimum atomic E-state index is -0.155. The van der Waals surface area contributed by atoms with Crippen LogP contribution in [-0.4, -0.2) is 84.9 Å². The Morgan fingerprint density at radius 1 is 1.23 bits per heavy atom. The van der Waals surface area contributed by atoms with E-state index in [4.69, 9.17) is 9.47 Å². The molecule has 6 heterocycles. The maximum atomic E-state index is 12.9. The number of hydrogen-bond donors (Lipinski definition) is 1. The van der Waals surface area contributed by atoms with E-state index < -0.39 is 0 Å². The molecule has 0 spiro atoms. The van der Waals surface area contributed by atoms with Gasteiger partial charge in [-0.05, 0) is 56.8 Å². The molecule has 6 rings (SSSR count). The zero-order valence-corrected chi connectivity index (χ0v) is 17.5. The van der Waals surface area contributed by atoms with Crippen LogP contribution in [0.2, 0.25) is 0 Å². The average molecular weight is 411 g/mol. The van der Waals surface area contributed by atoms with Gasteiger partial charge in [-0.15, -0.1) is 0 Å². The van der Waals surface area contributed by atoms with E-state index in [0.29, 0.717) is 17.7 Å². The molecule has 0 radical (unpaired) electrons. The third kappa shape index (κ3) is 4.00. The van der Waals surface area contributed by atoms with Crippen LogP contribution in [0.1, 0.15) is 19.8 Å². The first kappa shape index (κ1) is 19.7. The first-order valence-electron chi connectivity index (χ1n) is 11.1. The average Bonchev–Trinajstić information content (AvgIpc) is 3.19. The third-order valence-electron chi connectivity index (χ3n) is 6.91. The molecule has 7 nitrogen and oxygen atoms in total. The van der Waals surface area contributed by atoms with Gasteiger partial charge in [-0.25, -0.2) is 4.79 Å². The van der Waals surface area contributed by atoms with E-state index in [1.807, 2.05) is 18.4 Å². The molecule has 1 unspecified atom stereocenters. The van der Waals surface area contributed by atoms with E-state index >= 15 is 0 Å². The van der Waals surface area contributed by atoms with Gasteiger partial charge in [0.15, 0.2) is 5.76 Å².